The van der Waals surface area contributed by atoms with E-state index in [1.54, 1.807) is 36.4 Å². The molecular weight excluding hydrogens is 941 g/mol. The van der Waals surface area contributed by atoms with E-state index in [0.717, 1.165) is 12.5 Å². The molecule has 0 amide bonds. The first-order valence-corrected chi connectivity index (χ1v) is 24.3. The third-order valence-corrected chi connectivity index (χ3v) is 13.9. The van der Waals surface area contributed by atoms with E-state index < -0.39 is 90.3 Å². The second kappa shape index (κ2) is 22.1. The molecular formula is C55H60N4O14. The summed E-state index contributed by atoms with van der Waals surface area (Å²) in [6.45, 7) is 1.54. The van der Waals surface area contributed by atoms with Gasteiger partial charge in [0.2, 0.25) is 6.29 Å². The minimum atomic E-state index is -1.65. The number of fused-ring (bicyclic) bond motifs is 2. The van der Waals surface area contributed by atoms with Crippen LogP contribution in [-0.4, -0.2) is 116 Å². The number of aliphatic hydroxyl groups excluding tert-OH is 4. The molecule has 4 aromatic carbocycles. The molecule has 73 heavy (non-hydrogen) atoms. The van der Waals surface area contributed by atoms with Crippen LogP contribution in [0.2, 0.25) is 0 Å². The number of carbonyl (C=O) groups excluding carboxylic acids is 4. The molecule has 0 unspecified atom stereocenters. The quantitative estimate of drug-likeness (QED) is 0.0165. The van der Waals surface area contributed by atoms with Crippen LogP contribution in [0.4, 0.5) is 0 Å². The molecule has 1 saturated heterocycles. The summed E-state index contributed by atoms with van der Waals surface area (Å²) in [7, 11) is 0. The summed E-state index contributed by atoms with van der Waals surface area (Å²) in [5, 5.41) is 69.3. The molecule has 2 fully saturated rings. The fraction of sp³-hybridized carbons (Fsp3) is 0.400. The van der Waals surface area contributed by atoms with Gasteiger partial charge in [0, 0.05) is 58.7 Å². The van der Waals surface area contributed by atoms with Gasteiger partial charge in [0.15, 0.2) is 23.8 Å². The molecule has 0 spiro atoms. The SMILES string of the molecule is CC(=O)Oc1cc(CO)c2c3c1/C=C/c1cccc(c1)C[C@@H](O)CC[C@@H](N)C#CCc1c(O[C@H]4O[C@@H](C)[C@@H](O)[C@@H](O)[C@H]4OCCN=C(N)N)c(Cc4cccc(C5(O)CCCC5)c4C=O)c(O)c(c1C3=O)C2=O. The van der Waals surface area contributed by atoms with Crippen molar-refractivity contribution in [3.8, 4) is 29.1 Å². The van der Waals surface area contributed by atoms with Gasteiger partial charge in [-0.15, -0.1) is 0 Å². The maximum absolute atomic E-state index is 15.8. The van der Waals surface area contributed by atoms with Gasteiger partial charge in [0.1, 0.15) is 35.6 Å². The Bertz CT molecular complexity index is 2950. The van der Waals surface area contributed by atoms with E-state index in [0.29, 0.717) is 48.7 Å². The molecule has 3 aliphatic carbocycles. The fourth-order valence-electron chi connectivity index (χ4n) is 10.3. The van der Waals surface area contributed by atoms with Crippen LogP contribution in [0, 0.1) is 11.8 Å². The number of rotatable bonds is 12. The lowest BCUT2D eigenvalue weighted by atomic mass is 9.75. The van der Waals surface area contributed by atoms with E-state index in [1.165, 1.54) is 19.1 Å². The van der Waals surface area contributed by atoms with Crippen LogP contribution in [0.15, 0.2) is 53.5 Å². The average molecular weight is 1000 g/mol. The van der Waals surface area contributed by atoms with Crippen LogP contribution in [0.1, 0.15) is 139 Å². The summed E-state index contributed by atoms with van der Waals surface area (Å²) < 4.78 is 24.7. The maximum atomic E-state index is 15.8. The third-order valence-electron chi connectivity index (χ3n) is 13.9. The molecule has 4 bridgehead atoms. The number of hydrogen-bond donors (Lipinski definition) is 9. The Hall–Kier alpha value is -6.79. The number of carbonyl (C=O) groups is 4. The monoisotopic (exact) mass is 1000 g/mol. The number of nitrogens with two attached hydrogens (primary N) is 3. The van der Waals surface area contributed by atoms with Crippen LogP contribution < -0.4 is 26.7 Å². The van der Waals surface area contributed by atoms with E-state index in [4.69, 9.17) is 36.1 Å². The zero-order valence-electron chi connectivity index (χ0n) is 40.5. The molecule has 12 N–H and O–H groups in total. The number of esters is 1. The molecule has 18 heteroatoms. The molecule has 4 aromatic rings. The normalized spacial score (nSPS) is 23.8. The molecule has 1 saturated carbocycles. The van der Waals surface area contributed by atoms with Crippen LogP contribution in [-0.2, 0) is 45.7 Å². The predicted octanol–water partition coefficient (Wildman–Crippen LogP) is 2.99. The number of aldehydes is 1. The highest BCUT2D eigenvalue weighted by molar-refractivity contribution is 6.32. The molecule has 7 atom stereocenters. The summed E-state index contributed by atoms with van der Waals surface area (Å²) >= 11 is 0. The standard InChI is InChI=1S/C55H60N4O14/c1-28-46(64)50(68)52(70-21-20-59-54(57)58)53(71-28)73-51-37-12-7-11-34(56)15-16-35(63)23-31-9-5-8-30(22-31)14-17-36-41(72-29(2)62)25-33(26-60)42-43(36)49(67)44(37)45(48(42)66)47(65)38(51)24-32-10-6-13-40(39(32)27-61)55(69)18-3-4-19-55/h5-6,8-10,13-14,17,22,25,27-28,34-35,46,50,52-53,60,63-65,68-69H,3-4,12,15-16,18-21,23-24,26,56H2,1-2H3,(H4,57,58,59)/b17-14+/t28-,34-,35-,46+,50+,52+,53+/m0/s1. The van der Waals surface area contributed by atoms with Crippen LogP contribution in [0.3, 0.4) is 0 Å². The number of ketones is 2. The van der Waals surface area contributed by atoms with Gasteiger partial charge in [-0.05, 0) is 79.0 Å². The highest BCUT2D eigenvalue weighted by Gasteiger charge is 2.47. The third kappa shape index (κ3) is 10.8. The molecule has 0 radical (unpaired) electrons. The maximum Gasteiger partial charge on any atom is 0.308 e. The van der Waals surface area contributed by atoms with E-state index in [1.807, 2.05) is 12.1 Å². The van der Waals surface area contributed by atoms with Gasteiger partial charge in [-0.2, -0.15) is 0 Å². The lowest BCUT2D eigenvalue weighted by molar-refractivity contribution is -0.278. The number of phenolic OH excluding ortho intramolecular Hbond substituents is 1. The summed E-state index contributed by atoms with van der Waals surface area (Å²) in [4.78, 5) is 61.1. The number of guanidine groups is 1. The Kier molecular flexibility index (Phi) is 15.9. The van der Waals surface area contributed by atoms with Crippen molar-refractivity contribution >= 4 is 41.9 Å². The molecule has 4 aliphatic rings. The lowest BCUT2D eigenvalue weighted by Gasteiger charge is -2.41. The van der Waals surface area contributed by atoms with Crippen molar-refractivity contribution in [3.63, 3.8) is 0 Å². The Morgan fingerprint density at radius 3 is 2.41 bits per heavy atom. The Labute approximate surface area is 421 Å². The smallest absolute Gasteiger partial charge is 0.308 e. The van der Waals surface area contributed by atoms with Gasteiger partial charge in [0.05, 0.1) is 49.2 Å². The molecule has 1 aliphatic heterocycles. The largest absolute Gasteiger partial charge is 0.507 e. The molecule has 1 heterocycles. The minimum absolute atomic E-state index is 0.0175. The fourth-order valence-corrected chi connectivity index (χ4v) is 10.3. The van der Waals surface area contributed by atoms with Gasteiger partial charge >= 0.3 is 5.97 Å². The number of aromatic hydroxyl groups is 1. The van der Waals surface area contributed by atoms with Gasteiger partial charge in [-0.25, -0.2) is 0 Å². The highest BCUT2D eigenvalue weighted by atomic mass is 16.7. The Morgan fingerprint density at radius 1 is 0.959 bits per heavy atom. The lowest BCUT2D eigenvalue weighted by Crippen LogP contribution is -2.59. The van der Waals surface area contributed by atoms with Crippen molar-refractivity contribution in [1.29, 1.82) is 0 Å². The number of ether oxygens (including phenoxy) is 4. The number of benzene rings is 4. The van der Waals surface area contributed by atoms with Crippen LogP contribution in [0.5, 0.6) is 17.2 Å². The minimum Gasteiger partial charge on any atom is -0.507 e. The predicted molar refractivity (Wildman–Crippen MR) is 267 cm³/mol. The number of hydrogen-bond acceptors (Lipinski definition) is 16. The topological polar surface area (TPSA) is 317 Å². The highest BCUT2D eigenvalue weighted by Crippen LogP contribution is 2.49. The van der Waals surface area contributed by atoms with Crippen molar-refractivity contribution in [2.45, 2.75) is 127 Å². The summed E-state index contributed by atoms with van der Waals surface area (Å²) in [5.41, 5.74) is 16.7. The van der Waals surface area contributed by atoms with E-state index in [-0.39, 0.29) is 101 Å². The van der Waals surface area contributed by atoms with Crippen molar-refractivity contribution < 1.29 is 68.8 Å². The average Bonchev–Trinajstić information content (AvgIpc) is 3.81. The van der Waals surface area contributed by atoms with Crippen molar-refractivity contribution in [2.75, 3.05) is 13.2 Å². The zero-order valence-corrected chi connectivity index (χ0v) is 40.5. The van der Waals surface area contributed by atoms with Crippen molar-refractivity contribution in [1.82, 2.24) is 0 Å². The van der Waals surface area contributed by atoms with Gasteiger partial charge in [-0.1, -0.05) is 73.2 Å². The Morgan fingerprint density at radius 2 is 1.70 bits per heavy atom. The summed E-state index contributed by atoms with van der Waals surface area (Å²) in [6.07, 6.45) is -2.16. The van der Waals surface area contributed by atoms with E-state index in [9.17, 15) is 40.2 Å². The van der Waals surface area contributed by atoms with E-state index in [2.05, 4.69) is 16.8 Å². The summed E-state index contributed by atoms with van der Waals surface area (Å²) in [6, 6.07) is 12.6. The summed E-state index contributed by atoms with van der Waals surface area (Å²) in [5.74, 6) is 2.08. The number of nitrogens with zero attached hydrogens (tertiary/aromatic N) is 1. The van der Waals surface area contributed by atoms with Gasteiger partial charge in [0.25, 0.3) is 0 Å². The van der Waals surface area contributed by atoms with Crippen molar-refractivity contribution in [2.24, 2.45) is 22.2 Å². The first kappa shape index (κ1) is 52.5. The van der Waals surface area contributed by atoms with Crippen LogP contribution in [0.25, 0.3) is 12.2 Å². The molecule has 384 valence electrons. The number of aliphatic imine (C=N–C) groups is 1. The van der Waals surface area contributed by atoms with Crippen LogP contribution >= 0.6 is 0 Å². The van der Waals surface area contributed by atoms with Gasteiger partial charge in [-0.3, -0.25) is 24.2 Å². The first-order chi connectivity index (χ1) is 34.9. The first-order valence-electron chi connectivity index (χ1n) is 24.3. The Balaban J connectivity index is 1.43. The molecule has 0 aromatic heterocycles. The second-order valence-electron chi connectivity index (χ2n) is 19.0. The molecule has 18 nitrogen and oxygen atoms in total. The zero-order chi connectivity index (χ0) is 52.3. The van der Waals surface area contributed by atoms with E-state index >= 15 is 9.59 Å². The van der Waals surface area contributed by atoms with Gasteiger partial charge < -0.3 is 66.8 Å². The number of phenols is 1. The second-order valence-corrected chi connectivity index (χ2v) is 19.0. The number of aliphatic hydroxyl groups is 5. The molecule has 8 rings (SSSR count). The van der Waals surface area contributed by atoms with Crippen molar-refractivity contribution in [3.05, 3.63) is 121 Å².